The highest BCUT2D eigenvalue weighted by Gasteiger charge is 2.29. The maximum absolute atomic E-state index is 11.9. The Kier molecular flexibility index (Phi) is 3.14. The molecule has 0 fully saturated rings. The van der Waals surface area contributed by atoms with Gasteiger partial charge in [-0.2, -0.15) is 0 Å². The van der Waals surface area contributed by atoms with E-state index in [0.717, 1.165) is 5.56 Å². The van der Waals surface area contributed by atoms with Crippen molar-refractivity contribution in [1.29, 1.82) is 0 Å². The molecule has 1 aliphatic rings. The molecule has 0 radical (unpaired) electrons. The SMILES string of the molecule is CC(C)(C)OC(=O)N1Cc2ccsc2C(N)C1. The van der Waals surface area contributed by atoms with E-state index in [1.165, 1.54) is 4.88 Å². The molecule has 0 spiro atoms. The molecule has 2 N–H and O–H groups in total. The lowest BCUT2D eigenvalue weighted by molar-refractivity contribution is 0.0208. The van der Waals surface area contributed by atoms with Gasteiger partial charge in [-0.25, -0.2) is 4.79 Å². The molecule has 1 atom stereocenters. The molecule has 0 aromatic carbocycles. The van der Waals surface area contributed by atoms with Crippen molar-refractivity contribution in [2.75, 3.05) is 6.54 Å². The van der Waals surface area contributed by atoms with Crippen molar-refractivity contribution in [1.82, 2.24) is 4.90 Å². The Balaban J connectivity index is 2.09. The zero-order valence-corrected chi connectivity index (χ0v) is 11.2. The van der Waals surface area contributed by atoms with Crippen LogP contribution in [0, 0.1) is 0 Å². The number of fused-ring (bicyclic) bond motifs is 1. The third kappa shape index (κ3) is 2.79. The Labute approximate surface area is 105 Å². The van der Waals surface area contributed by atoms with Crippen LogP contribution in [0.4, 0.5) is 4.79 Å². The van der Waals surface area contributed by atoms with Gasteiger partial charge in [-0.15, -0.1) is 11.3 Å². The van der Waals surface area contributed by atoms with Gasteiger partial charge in [-0.1, -0.05) is 0 Å². The van der Waals surface area contributed by atoms with E-state index in [1.54, 1.807) is 16.2 Å². The van der Waals surface area contributed by atoms with Gasteiger partial charge in [0.15, 0.2) is 0 Å². The molecule has 1 unspecified atom stereocenters. The van der Waals surface area contributed by atoms with Crippen LogP contribution in [0.15, 0.2) is 11.4 Å². The fourth-order valence-electron chi connectivity index (χ4n) is 1.86. The lowest BCUT2D eigenvalue weighted by atomic mass is 10.1. The van der Waals surface area contributed by atoms with Crippen LogP contribution in [0.25, 0.3) is 0 Å². The highest BCUT2D eigenvalue weighted by atomic mass is 32.1. The van der Waals surface area contributed by atoms with E-state index >= 15 is 0 Å². The molecule has 0 bridgehead atoms. The van der Waals surface area contributed by atoms with Gasteiger partial charge in [-0.05, 0) is 37.8 Å². The number of rotatable bonds is 0. The molecule has 94 valence electrons. The summed E-state index contributed by atoms with van der Waals surface area (Å²) in [6, 6.07) is 1.93. The number of hydrogen-bond donors (Lipinski definition) is 1. The summed E-state index contributed by atoms with van der Waals surface area (Å²) in [5.41, 5.74) is 6.72. The molecule has 0 aliphatic carbocycles. The predicted molar refractivity (Wildman–Crippen MR) is 67.9 cm³/mol. The van der Waals surface area contributed by atoms with Crippen LogP contribution >= 0.6 is 11.3 Å². The van der Waals surface area contributed by atoms with E-state index in [2.05, 4.69) is 0 Å². The van der Waals surface area contributed by atoms with Crippen LogP contribution in [0.2, 0.25) is 0 Å². The third-order valence-electron chi connectivity index (χ3n) is 2.55. The number of thiophene rings is 1. The van der Waals surface area contributed by atoms with E-state index in [-0.39, 0.29) is 12.1 Å². The number of ether oxygens (including phenoxy) is 1. The summed E-state index contributed by atoms with van der Waals surface area (Å²) in [6.45, 7) is 6.73. The second-order valence-corrected chi connectivity index (χ2v) is 6.23. The molecule has 1 aliphatic heterocycles. The van der Waals surface area contributed by atoms with Gasteiger partial charge in [0.1, 0.15) is 5.60 Å². The molecule has 2 heterocycles. The third-order valence-corrected chi connectivity index (χ3v) is 3.64. The minimum absolute atomic E-state index is 0.0914. The lowest BCUT2D eigenvalue weighted by Gasteiger charge is -2.32. The van der Waals surface area contributed by atoms with Crippen molar-refractivity contribution < 1.29 is 9.53 Å². The quantitative estimate of drug-likeness (QED) is 0.774. The molecule has 1 aromatic rings. The molecule has 5 heteroatoms. The van der Waals surface area contributed by atoms with Crippen molar-refractivity contribution in [3.8, 4) is 0 Å². The smallest absolute Gasteiger partial charge is 0.410 e. The Morgan fingerprint density at radius 1 is 1.59 bits per heavy atom. The van der Waals surface area contributed by atoms with E-state index in [1.807, 2.05) is 32.2 Å². The molecule has 4 nitrogen and oxygen atoms in total. The molecular formula is C12H18N2O2S. The lowest BCUT2D eigenvalue weighted by Crippen LogP contribution is -2.42. The molecule has 2 rings (SSSR count). The summed E-state index contributed by atoms with van der Waals surface area (Å²) in [5, 5.41) is 2.02. The number of nitrogens with zero attached hydrogens (tertiary/aromatic N) is 1. The van der Waals surface area contributed by atoms with Gasteiger partial charge >= 0.3 is 6.09 Å². The van der Waals surface area contributed by atoms with Gasteiger partial charge in [0.25, 0.3) is 0 Å². The summed E-state index contributed by atoms with van der Waals surface area (Å²) < 4.78 is 5.35. The Morgan fingerprint density at radius 2 is 2.29 bits per heavy atom. The summed E-state index contributed by atoms with van der Waals surface area (Å²) in [4.78, 5) is 14.8. The standard InChI is InChI=1S/C12H18N2O2S/c1-12(2,3)16-11(15)14-6-8-4-5-17-10(8)9(13)7-14/h4-5,9H,6-7,13H2,1-3H3. The normalized spacial score (nSPS) is 20.0. The largest absolute Gasteiger partial charge is 0.444 e. The van der Waals surface area contributed by atoms with Crippen LogP contribution in [0.5, 0.6) is 0 Å². The van der Waals surface area contributed by atoms with Gasteiger partial charge in [0.05, 0.1) is 12.6 Å². The number of carbonyl (C=O) groups is 1. The molecule has 0 saturated carbocycles. The van der Waals surface area contributed by atoms with Crippen molar-refractivity contribution in [2.45, 2.75) is 39.0 Å². The van der Waals surface area contributed by atoms with Gasteiger partial charge in [0, 0.05) is 11.4 Å². The van der Waals surface area contributed by atoms with E-state index in [4.69, 9.17) is 10.5 Å². The fraction of sp³-hybridized carbons (Fsp3) is 0.583. The Bertz CT molecular complexity index is 422. The topological polar surface area (TPSA) is 55.6 Å². The maximum Gasteiger partial charge on any atom is 0.410 e. The second-order valence-electron chi connectivity index (χ2n) is 5.28. The van der Waals surface area contributed by atoms with Crippen LogP contribution in [-0.4, -0.2) is 23.1 Å². The second kappa shape index (κ2) is 4.31. The van der Waals surface area contributed by atoms with E-state index in [0.29, 0.717) is 13.1 Å². The Hall–Kier alpha value is -1.07. The number of hydrogen-bond acceptors (Lipinski definition) is 4. The minimum atomic E-state index is -0.462. The minimum Gasteiger partial charge on any atom is -0.444 e. The van der Waals surface area contributed by atoms with Crippen molar-refractivity contribution in [3.63, 3.8) is 0 Å². The predicted octanol–water partition coefficient (Wildman–Crippen LogP) is 2.50. The highest BCUT2D eigenvalue weighted by Crippen LogP contribution is 2.30. The summed E-state index contributed by atoms with van der Waals surface area (Å²) >= 11 is 1.66. The Morgan fingerprint density at radius 3 is 2.94 bits per heavy atom. The first kappa shape index (κ1) is 12.4. The number of amides is 1. The maximum atomic E-state index is 11.9. The van der Waals surface area contributed by atoms with Crippen molar-refractivity contribution >= 4 is 17.4 Å². The molecule has 1 amide bonds. The van der Waals surface area contributed by atoms with Gasteiger partial charge in [-0.3, -0.25) is 0 Å². The van der Waals surface area contributed by atoms with E-state index in [9.17, 15) is 4.79 Å². The molecular weight excluding hydrogens is 236 g/mol. The number of carbonyl (C=O) groups excluding carboxylic acids is 1. The fourth-order valence-corrected chi connectivity index (χ4v) is 2.77. The molecule has 17 heavy (non-hydrogen) atoms. The zero-order valence-electron chi connectivity index (χ0n) is 10.4. The first-order valence-electron chi connectivity index (χ1n) is 5.66. The number of nitrogens with two attached hydrogens (primary N) is 1. The summed E-state index contributed by atoms with van der Waals surface area (Å²) in [6.07, 6.45) is -0.287. The zero-order chi connectivity index (χ0) is 12.6. The van der Waals surface area contributed by atoms with Crippen molar-refractivity contribution in [3.05, 3.63) is 21.9 Å². The van der Waals surface area contributed by atoms with Crippen LogP contribution in [0.3, 0.4) is 0 Å². The first-order chi connectivity index (χ1) is 7.87. The van der Waals surface area contributed by atoms with Crippen LogP contribution in [-0.2, 0) is 11.3 Å². The van der Waals surface area contributed by atoms with Gasteiger partial charge in [0.2, 0.25) is 0 Å². The van der Waals surface area contributed by atoms with Crippen molar-refractivity contribution in [2.24, 2.45) is 5.73 Å². The molecule has 0 saturated heterocycles. The van der Waals surface area contributed by atoms with Crippen LogP contribution < -0.4 is 5.73 Å². The average Bonchev–Trinajstić information content (AvgIpc) is 2.63. The molecule has 1 aromatic heterocycles. The average molecular weight is 254 g/mol. The van der Waals surface area contributed by atoms with Crippen LogP contribution in [0.1, 0.15) is 37.3 Å². The summed E-state index contributed by atoms with van der Waals surface area (Å²) in [5.74, 6) is 0. The van der Waals surface area contributed by atoms with E-state index < -0.39 is 5.60 Å². The highest BCUT2D eigenvalue weighted by molar-refractivity contribution is 7.10. The monoisotopic (exact) mass is 254 g/mol. The summed E-state index contributed by atoms with van der Waals surface area (Å²) in [7, 11) is 0. The van der Waals surface area contributed by atoms with Gasteiger partial charge < -0.3 is 15.4 Å². The first-order valence-corrected chi connectivity index (χ1v) is 6.54.